The van der Waals surface area contributed by atoms with Crippen molar-refractivity contribution < 1.29 is 9.90 Å². The van der Waals surface area contributed by atoms with Crippen LogP contribution in [0.4, 0.5) is 0 Å². The number of rotatable bonds is 6. The first-order chi connectivity index (χ1) is 12.0. The number of nitrogens with zero attached hydrogens (tertiary/aromatic N) is 5. The number of aryl methyl sites for hydroxylation is 1. The minimum atomic E-state index is -0.752. The molecule has 1 N–H and O–H groups in total. The minimum absolute atomic E-state index is 0.0623. The molecule has 0 radical (unpaired) electrons. The third-order valence-corrected chi connectivity index (χ3v) is 3.99. The van der Waals surface area contributed by atoms with Gasteiger partial charge in [0.2, 0.25) is 5.91 Å². The molecule has 0 saturated heterocycles. The minimum Gasteiger partial charge on any atom is -0.384 e. The summed E-state index contributed by atoms with van der Waals surface area (Å²) in [5.74, 6) is -0.0623. The van der Waals surface area contributed by atoms with Crippen molar-refractivity contribution in [1.29, 1.82) is 0 Å². The average molecular weight is 339 g/mol. The Morgan fingerprint density at radius 2 is 1.92 bits per heavy atom. The number of hydrogen-bond acceptors (Lipinski definition) is 4. The normalized spacial score (nSPS) is 12.1. The fourth-order valence-electron chi connectivity index (χ4n) is 2.61. The molecule has 25 heavy (non-hydrogen) atoms. The lowest BCUT2D eigenvalue weighted by molar-refractivity contribution is -0.131. The summed E-state index contributed by atoms with van der Waals surface area (Å²) in [5.41, 5.74) is 2.43. The zero-order valence-electron chi connectivity index (χ0n) is 14.3. The number of likely N-dealkylation sites (N-methyl/N-ethyl adjacent to an activating group) is 1. The summed E-state index contributed by atoms with van der Waals surface area (Å²) in [6.07, 6.45) is 6.16. The van der Waals surface area contributed by atoms with E-state index in [2.05, 4.69) is 10.2 Å². The highest BCUT2D eigenvalue weighted by Gasteiger charge is 2.15. The van der Waals surface area contributed by atoms with E-state index in [1.165, 1.54) is 0 Å². The van der Waals surface area contributed by atoms with Gasteiger partial charge >= 0.3 is 0 Å². The van der Waals surface area contributed by atoms with Crippen molar-refractivity contribution in [2.24, 2.45) is 7.05 Å². The van der Waals surface area contributed by atoms with Crippen molar-refractivity contribution in [1.82, 2.24) is 24.5 Å². The zero-order chi connectivity index (χ0) is 17.8. The van der Waals surface area contributed by atoms with Crippen LogP contribution in [-0.2, 0) is 24.9 Å². The molecular formula is C18H21N5O2. The average Bonchev–Trinajstić information content (AvgIpc) is 3.24. The van der Waals surface area contributed by atoms with E-state index >= 15 is 0 Å². The van der Waals surface area contributed by atoms with Gasteiger partial charge in [-0.1, -0.05) is 30.3 Å². The van der Waals surface area contributed by atoms with Gasteiger partial charge in [-0.15, -0.1) is 0 Å². The highest BCUT2D eigenvalue weighted by atomic mass is 16.3. The Morgan fingerprint density at radius 1 is 1.16 bits per heavy atom. The number of amides is 1. The first-order valence-corrected chi connectivity index (χ1v) is 8.00. The molecule has 0 aliphatic rings. The van der Waals surface area contributed by atoms with Gasteiger partial charge in [-0.25, -0.2) is 0 Å². The summed E-state index contributed by atoms with van der Waals surface area (Å²) in [6.45, 7) is 0.617. The van der Waals surface area contributed by atoms with Crippen LogP contribution in [0.2, 0.25) is 0 Å². The van der Waals surface area contributed by atoms with Crippen LogP contribution in [0.1, 0.15) is 22.8 Å². The number of carbonyl (C=O) groups excluding carboxylic acids is 1. The summed E-state index contributed by atoms with van der Waals surface area (Å²) < 4.78 is 3.25. The first-order valence-electron chi connectivity index (χ1n) is 8.00. The SMILES string of the molecule is CN(Cc1cnn(C)c1)C(=O)Cn1cc(C(O)c2ccccc2)cn1. The van der Waals surface area contributed by atoms with Gasteiger partial charge in [0.1, 0.15) is 12.6 Å². The summed E-state index contributed by atoms with van der Waals surface area (Å²) in [5, 5.41) is 18.7. The third kappa shape index (κ3) is 4.13. The summed E-state index contributed by atoms with van der Waals surface area (Å²) >= 11 is 0. The van der Waals surface area contributed by atoms with Crippen LogP contribution in [-0.4, -0.2) is 42.5 Å². The molecule has 7 nitrogen and oxygen atoms in total. The van der Waals surface area contributed by atoms with Crippen LogP contribution in [0.15, 0.2) is 55.1 Å². The van der Waals surface area contributed by atoms with Crippen LogP contribution in [0.25, 0.3) is 0 Å². The van der Waals surface area contributed by atoms with Crippen molar-refractivity contribution in [2.45, 2.75) is 19.2 Å². The second kappa shape index (κ2) is 7.31. The first kappa shape index (κ1) is 16.9. The largest absolute Gasteiger partial charge is 0.384 e. The van der Waals surface area contributed by atoms with Gasteiger partial charge in [-0.3, -0.25) is 14.2 Å². The van der Waals surface area contributed by atoms with E-state index in [0.717, 1.165) is 11.1 Å². The van der Waals surface area contributed by atoms with E-state index in [0.29, 0.717) is 12.1 Å². The lowest BCUT2D eigenvalue weighted by Crippen LogP contribution is -2.29. The van der Waals surface area contributed by atoms with Crippen LogP contribution < -0.4 is 0 Å². The molecule has 2 aromatic heterocycles. The van der Waals surface area contributed by atoms with Gasteiger partial charge in [-0.05, 0) is 5.56 Å². The predicted molar refractivity (Wildman–Crippen MR) is 92.4 cm³/mol. The Bertz CT molecular complexity index is 840. The summed E-state index contributed by atoms with van der Waals surface area (Å²) in [4.78, 5) is 14.0. The molecule has 2 heterocycles. The second-order valence-electron chi connectivity index (χ2n) is 6.06. The van der Waals surface area contributed by atoms with E-state index in [9.17, 15) is 9.90 Å². The molecule has 1 amide bonds. The molecule has 1 aromatic carbocycles. The smallest absolute Gasteiger partial charge is 0.244 e. The zero-order valence-corrected chi connectivity index (χ0v) is 14.3. The number of aromatic nitrogens is 4. The highest BCUT2D eigenvalue weighted by Crippen LogP contribution is 2.20. The quantitative estimate of drug-likeness (QED) is 0.736. The molecule has 130 valence electrons. The highest BCUT2D eigenvalue weighted by molar-refractivity contribution is 5.75. The van der Waals surface area contributed by atoms with Gasteiger partial charge in [0, 0.05) is 44.2 Å². The molecule has 1 atom stereocenters. The molecule has 0 aliphatic heterocycles. The van der Waals surface area contributed by atoms with Crippen LogP contribution in [0, 0.1) is 0 Å². The number of aliphatic hydroxyl groups excluding tert-OH is 1. The Balaban J connectivity index is 1.61. The van der Waals surface area contributed by atoms with Crippen LogP contribution in [0.5, 0.6) is 0 Å². The van der Waals surface area contributed by atoms with E-state index in [1.807, 2.05) is 43.6 Å². The maximum Gasteiger partial charge on any atom is 0.244 e. The van der Waals surface area contributed by atoms with Crippen LogP contribution in [0.3, 0.4) is 0 Å². The summed E-state index contributed by atoms with van der Waals surface area (Å²) in [6, 6.07) is 9.36. The second-order valence-corrected chi connectivity index (χ2v) is 6.06. The van der Waals surface area contributed by atoms with Gasteiger partial charge in [0.25, 0.3) is 0 Å². The summed E-state index contributed by atoms with van der Waals surface area (Å²) in [7, 11) is 3.59. The molecule has 3 aromatic rings. The Morgan fingerprint density at radius 3 is 2.60 bits per heavy atom. The molecule has 0 bridgehead atoms. The molecular weight excluding hydrogens is 318 g/mol. The molecule has 0 spiro atoms. The van der Waals surface area contributed by atoms with Gasteiger partial charge in [0.15, 0.2) is 0 Å². The molecule has 0 saturated carbocycles. The van der Waals surface area contributed by atoms with Crippen molar-refractivity contribution in [2.75, 3.05) is 7.05 Å². The van der Waals surface area contributed by atoms with Crippen molar-refractivity contribution in [3.8, 4) is 0 Å². The number of benzene rings is 1. The maximum absolute atomic E-state index is 12.3. The van der Waals surface area contributed by atoms with E-state index in [4.69, 9.17) is 0 Å². The molecule has 0 fully saturated rings. The Hall–Kier alpha value is -2.93. The van der Waals surface area contributed by atoms with Crippen molar-refractivity contribution in [3.05, 3.63) is 71.8 Å². The monoisotopic (exact) mass is 339 g/mol. The Kier molecular flexibility index (Phi) is 4.95. The topological polar surface area (TPSA) is 76.2 Å². The fourth-order valence-corrected chi connectivity index (χ4v) is 2.61. The lowest BCUT2D eigenvalue weighted by atomic mass is 10.1. The maximum atomic E-state index is 12.3. The van der Waals surface area contributed by atoms with E-state index < -0.39 is 6.10 Å². The number of carbonyl (C=O) groups is 1. The predicted octanol–water partition coefficient (Wildman–Crippen LogP) is 1.36. The molecule has 1 unspecified atom stereocenters. The molecule has 7 heteroatoms. The number of hydrogen-bond donors (Lipinski definition) is 1. The molecule has 3 rings (SSSR count). The van der Waals surface area contributed by atoms with Crippen molar-refractivity contribution >= 4 is 5.91 Å². The van der Waals surface area contributed by atoms with E-state index in [-0.39, 0.29) is 12.5 Å². The molecule has 0 aliphatic carbocycles. The standard InChI is InChI=1S/C18H21N5O2/c1-21(10-14-8-19-22(2)11-14)17(24)13-23-12-16(9-20-23)18(25)15-6-4-3-5-7-15/h3-9,11-12,18,25H,10,13H2,1-2H3. The lowest BCUT2D eigenvalue weighted by Gasteiger charge is -2.16. The van der Waals surface area contributed by atoms with Gasteiger partial charge in [0.05, 0.1) is 12.4 Å². The number of aliphatic hydroxyl groups is 1. The van der Waals surface area contributed by atoms with Gasteiger partial charge in [-0.2, -0.15) is 10.2 Å². The van der Waals surface area contributed by atoms with Crippen LogP contribution >= 0.6 is 0 Å². The fraction of sp³-hybridized carbons (Fsp3) is 0.278. The van der Waals surface area contributed by atoms with E-state index in [1.54, 1.807) is 39.9 Å². The Labute approximate surface area is 146 Å². The third-order valence-electron chi connectivity index (χ3n) is 3.99. The van der Waals surface area contributed by atoms with Gasteiger partial charge < -0.3 is 10.0 Å². The van der Waals surface area contributed by atoms with Crippen molar-refractivity contribution in [3.63, 3.8) is 0 Å².